The molecule has 0 aliphatic heterocycles. The first-order valence-electron chi connectivity index (χ1n) is 5.95. The number of hydrogen-bond donors (Lipinski definition) is 2. The van der Waals surface area contributed by atoms with E-state index in [4.69, 9.17) is 10.4 Å². The van der Waals surface area contributed by atoms with E-state index in [2.05, 4.69) is 4.72 Å². The molecule has 0 bridgehead atoms. The molecule has 0 aromatic rings. The summed E-state index contributed by atoms with van der Waals surface area (Å²) in [5.74, 6) is -0.916. The van der Waals surface area contributed by atoms with Crippen molar-refractivity contribution in [3.63, 3.8) is 0 Å². The summed E-state index contributed by atoms with van der Waals surface area (Å²) in [7, 11) is -3.67. The Balaban J connectivity index is 2.64. The molecule has 1 fully saturated rings. The Hall–Kier alpha value is -1.13. The number of rotatable bonds is 7. The summed E-state index contributed by atoms with van der Waals surface area (Å²) in [6.45, 7) is 1.74. The molecule has 1 aliphatic carbocycles. The van der Waals surface area contributed by atoms with E-state index >= 15 is 0 Å². The highest BCUT2D eigenvalue weighted by molar-refractivity contribution is 7.90. The van der Waals surface area contributed by atoms with Gasteiger partial charge < -0.3 is 5.11 Å². The van der Waals surface area contributed by atoms with Gasteiger partial charge in [-0.15, -0.1) is 0 Å². The molecule has 1 saturated carbocycles. The van der Waals surface area contributed by atoms with Crippen LogP contribution in [0.5, 0.6) is 0 Å². The topological polar surface area (TPSA) is 107 Å². The van der Waals surface area contributed by atoms with Crippen molar-refractivity contribution in [2.24, 2.45) is 5.41 Å². The van der Waals surface area contributed by atoms with Crippen molar-refractivity contribution in [2.45, 2.75) is 44.3 Å². The van der Waals surface area contributed by atoms with E-state index in [1.54, 1.807) is 13.0 Å². The van der Waals surface area contributed by atoms with Crippen molar-refractivity contribution >= 4 is 16.0 Å². The Morgan fingerprint density at radius 3 is 2.50 bits per heavy atom. The van der Waals surface area contributed by atoms with E-state index in [1.165, 1.54) is 0 Å². The number of aliphatic carboxylic acids is 1. The van der Waals surface area contributed by atoms with Gasteiger partial charge in [0, 0.05) is 6.54 Å². The second kappa shape index (κ2) is 5.67. The summed E-state index contributed by atoms with van der Waals surface area (Å²) in [5, 5.41) is 16.5. The van der Waals surface area contributed by atoms with Gasteiger partial charge in [0.2, 0.25) is 10.0 Å². The molecule has 1 rings (SSSR count). The maximum Gasteiger partial charge on any atom is 0.303 e. The molecule has 0 aromatic heterocycles. The molecular formula is C11H18N2O4S. The maximum atomic E-state index is 11.8. The van der Waals surface area contributed by atoms with Crippen molar-refractivity contribution in [2.75, 3.05) is 6.54 Å². The molecule has 0 radical (unpaired) electrons. The van der Waals surface area contributed by atoms with E-state index in [9.17, 15) is 13.2 Å². The van der Waals surface area contributed by atoms with Gasteiger partial charge in [-0.1, -0.05) is 13.3 Å². The molecule has 7 heteroatoms. The SMILES string of the molecule is CCC(C#N)S(=O)(=O)NCC1(CC(=O)O)CCC1. The van der Waals surface area contributed by atoms with Gasteiger partial charge in [-0.3, -0.25) is 4.79 Å². The summed E-state index contributed by atoms with van der Waals surface area (Å²) in [6, 6.07) is 1.74. The van der Waals surface area contributed by atoms with Crippen LogP contribution in [0.2, 0.25) is 0 Å². The second-order valence-corrected chi connectivity index (χ2v) is 6.76. The number of nitriles is 1. The summed E-state index contributed by atoms with van der Waals surface area (Å²) in [4.78, 5) is 10.7. The van der Waals surface area contributed by atoms with E-state index in [0.29, 0.717) is 12.8 Å². The third kappa shape index (κ3) is 3.43. The molecule has 0 saturated heterocycles. The fraction of sp³-hybridized carbons (Fsp3) is 0.818. The number of nitrogens with zero attached hydrogens (tertiary/aromatic N) is 1. The average Bonchev–Trinajstić information content (AvgIpc) is 2.22. The van der Waals surface area contributed by atoms with Gasteiger partial charge >= 0.3 is 5.97 Å². The number of carbonyl (C=O) groups is 1. The van der Waals surface area contributed by atoms with Gasteiger partial charge in [0.15, 0.2) is 5.25 Å². The average molecular weight is 274 g/mol. The van der Waals surface area contributed by atoms with Crippen molar-refractivity contribution in [1.29, 1.82) is 5.26 Å². The number of carboxylic acid groups (broad SMARTS) is 1. The van der Waals surface area contributed by atoms with Crippen molar-refractivity contribution in [1.82, 2.24) is 4.72 Å². The van der Waals surface area contributed by atoms with Crippen LogP contribution in [0, 0.1) is 16.7 Å². The molecule has 1 aliphatic rings. The lowest BCUT2D eigenvalue weighted by molar-refractivity contribution is -0.141. The fourth-order valence-electron chi connectivity index (χ4n) is 2.15. The van der Waals surface area contributed by atoms with Crippen LogP contribution in [0.4, 0.5) is 0 Å². The minimum atomic E-state index is -3.67. The lowest BCUT2D eigenvalue weighted by atomic mass is 9.67. The molecule has 1 atom stereocenters. The van der Waals surface area contributed by atoms with E-state index in [1.807, 2.05) is 0 Å². The van der Waals surface area contributed by atoms with Gasteiger partial charge in [-0.05, 0) is 24.7 Å². The van der Waals surface area contributed by atoms with Crippen LogP contribution >= 0.6 is 0 Å². The fourth-order valence-corrected chi connectivity index (χ4v) is 3.43. The molecular weight excluding hydrogens is 256 g/mol. The normalized spacial score (nSPS) is 19.6. The number of hydrogen-bond acceptors (Lipinski definition) is 4. The van der Waals surface area contributed by atoms with Crippen LogP contribution in [0.15, 0.2) is 0 Å². The van der Waals surface area contributed by atoms with Crippen molar-refractivity contribution in [3.8, 4) is 6.07 Å². The zero-order valence-electron chi connectivity index (χ0n) is 10.3. The third-order valence-electron chi connectivity index (χ3n) is 3.48. The van der Waals surface area contributed by atoms with Gasteiger partial charge in [0.1, 0.15) is 0 Å². The highest BCUT2D eigenvalue weighted by Gasteiger charge is 2.40. The summed E-state index contributed by atoms with van der Waals surface area (Å²) in [6.07, 6.45) is 2.54. The second-order valence-electron chi connectivity index (χ2n) is 4.82. The Kier molecular flexibility index (Phi) is 4.71. The first kappa shape index (κ1) is 14.9. The van der Waals surface area contributed by atoms with E-state index in [0.717, 1.165) is 6.42 Å². The van der Waals surface area contributed by atoms with Crippen LogP contribution in [0.1, 0.15) is 39.0 Å². The molecule has 0 amide bonds. The number of carboxylic acids is 1. The van der Waals surface area contributed by atoms with Crippen LogP contribution in [-0.4, -0.2) is 31.3 Å². The maximum absolute atomic E-state index is 11.8. The summed E-state index contributed by atoms with van der Waals surface area (Å²) >= 11 is 0. The van der Waals surface area contributed by atoms with Gasteiger partial charge in [0.05, 0.1) is 12.5 Å². The van der Waals surface area contributed by atoms with Gasteiger partial charge in [-0.2, -0.15) is 5.26 Å². The first-order valence-corrected chi connectivity index (χ1v) is 7.50. The van der Waals surface area contributed by atoms with Crippen molar-refractivity contribution < 1.29 is 18.3 Å². The molecule has 0 heterocycles. The molecule has 2 N–H and O–H groups in total. The lowest BCUT2D eigenvalue weighted by Gasteiger charge is -2.40. The van der Waals surface area contributed by atoms with Crippen molar-refractivity contribution in [3.05, 3.63) is 0 Å². The van der Waals surface area contributed by atoms with Crippen LogP contribution in [0.25, 0.3) is 0 Å². The monoisotopic (exact) mass is 274 g/mol. The predicted molar refractivity (Wildman–Crippen MR) is 65.2 cm³/mol. The van der Waals surface area contributed by atoms with E-state index < -0.39 is 26.7 Å². The summed E-state index contributed by atoms with van der Waals surface area (Å²) < 4.78 is 26.0. The highest BCUT2D eigenvalue weighted by atomic mass is 32.2. The standard InChI is InChI=1S/C11H18N2O4S/c1-2-9(7-12)18(16,17)13-8-11(4-3-5-11)6-10(14)15/h9,13H,2-6,8H2,1H3,(H,14,15). The minimum absolute atomic E-state index is 0.0289. The van der Waals surface area contributed by atoms with Crippen LogP contribution < -0.4 is 4.72 Å². The lowest BCUT2D eigenvalue weighted by Crippen LogP contribution is -2.45. The molecule has 18 heavy (non-hydrogen) atoms. The predicted octanol–water partition coefficient (Wildman–Crippen LogP) is 0.853. The van der Waals surface area contributed by atoms with Crippen LogP contribution in [0.3, 0.4) is 0 Å². The van der Waals surface area contributed by atoms with Crippen LogP contribution in [-0.2, 0) is 14.8 Å². The smallest absolute Gasteiger partial charge is 0.303 e. The van der Waals surface area contributed by atoms with Gasteiger partial charge in [0.25, 0.3) is 0 Å². The number of nitrogens with one attached hydrogen (secondary N) is 1. The summed E-state index contributed by atoms with van der Waals surface area (Å²) in [5.41, 5.74) is -0.466. The Morgan fingerprint density at radius 2 is 2.17 bits per heavy atom. The quantitative estimate of drug-likeness (QED) is 0.715. The molecule has 6 nitrogen and oxygen atoms in total. The zero-order valence-corrected chi connectivity index (χ0v) is 11.2. The molecule has 1 unspecified atom stereocenters. The van der Waals surface area contributed by atoms with Gasteiger partial charge in [-0.25, -0.2) is 13.1 Å². The van der Waals surface area contributed by atoms with E-state index in [-0.39, 0.29) is 19.4 Å². The first-order chi connectivity index (χ1) is 8.35. The Bertz CT molecular complexity index is 448. The largest absolute Gasteiger partial charge is 0.481 e. The zero-order chi connectivity index (χ0) is 13.8. The minimum Gasteiger partial charge on any atom is -0.481 e. The Labute approximate surface area is 107 Å². The number of sulfonamides is 1. The Morgan fingerprint density at radius 1 is 1.56 bits per heavy atom. The molecule has 0 aromatic carbocycles. The molecule has 102 valence electrons. The molecule has 0 spiro atoms. The third-order valence-corrected chi connectivity index (χ3v) is 5.21. The highest BCUT2D eigenvalue weighted by Crippen LogP contribution is 2.43.